The summed E-state index contributed by atoms with van der Waals surface area (Å²) in [4.78, 5) is 0. The summed E-state index contributed by atoms with van der Waals surface area (Å²) in [5.74, 6) is 0. The van der Waals surface area contributed by atoms with Crippen LogP contribution in [0.25, 0.3) is 0 Å². The molecule has 0 amide bonds. The predicted octanol–water partition coefficient (Wildman–Crippen LogP) is 4.47. The fourth-order valence-electron chi connectivity index (χ4n) is 2.59. The van der Waals surface area contributed by atoms with Crippen molar-refractivity contribution in [2.45, 2.75) is 71.8 Å². The van der Waals surface area contributed by atoms with Crippen molar-refractivity contribution >= 4 is 26.8 Å². The van der Waals surface area contributed by atoms with Gasteiger partial charge in [0.05, 0.1) is 0 Å². The average molecular weight is 258 g/mol. The SMILES string of the molecule is CC(C)(C)B(n1sn1[Si](C)(C)C)C(C)(C)C. The van der Waals surface area contributed by atoms with Crippen LogP contribution in [0.5, 0.6) is 0 Å². The van der Waals surface area contributed by atoms with Crippen LogP contribution >= 0.6 is 11.7 Å². The van der Waals surface area contributed by atoms with Gasteiger partial charge in [-0.25, -0.2) is 0 Å². The van der Waals surface area contributed by atoms with Gasteiger partial charge in [0.2, 0.25) is 0 Å². The second-order valence-electron chi connectivity index (χ2n) is 7.96. The van der Waals surface area contributed by atoms with Crippen LogP contribution in [0.3, 0.4) is 0 Å². The summed E-state index contributed by atoms with van der Waals surface area (Å²) in [6.45, 7) is 21.9. The standard InChI is InChI=1S/C11H27BN2SSi/c1-10(2,3)12(11(4,5)6)13-14(15-13)16(7,8)9/h1-9H3. The van der Waals surface area contributed by atoms with E-state index in [0.717, 1.165) is 0 Å². The number of aromatic nitrogens is 2. The van der Waals surface area contributed by atoms with Gasteiger partial charge in [0.1, 0.15) is 0 Å². The van der Waals surface area contributed by atoms with Crippen molar-refractivity contribution in [2.24, 2.45) is 0 Å². The highest BCUT2D eigenvalue weighted by molar-refractivity contribution is 7.16. The van der Waals surface area contributed by atoms with Crippen LogP contribution in [0.2, 0.25) is 30.3 Å². The normalized spacial score (nSPS) is 14.6. The molecule has 1 heterocycles. The molecule has 0 aliphatic carbocycles. The third kappa shape index (κ3) is 3.07. The van der Waals surface area contributed by atoms with Crippen molar-refractivity contribution in [1.29, 1.82) is 0 Å². The Morgan fingerprint density at radius 2 is 1.25 bits per heavy atom. The molecule has 0 aliphatic heterocycles. The van der Waals surface area contributed by atoms with E-state index in [1.54, 1.807) is 0 Å². The Balaban J connectivity index is 3.03. The smallest absolute Gasteiger partial charge is 0.272 e. The summed E-state index contributed by atoms with van der Waals surface area (Å²) >= 11 is 1.93. The van der Waals surface area contributed by atoms with Crippen molar-refractivity contribution in [3.63, 3.8) is 0 Å². The maximum absolute atomic E-state index is 2.54. The zero-order chi connectivity index (χ0) is 12.9. The van der Waals surface area contributed by atoms with Crippen LogP contribution in [-0.4, -0.2) is 22.8 Å². The highest BCUT2D eigenvalue weighted by Gasteiger charge is 2.46. The maximum atomic E-state index is 2.54. The topological polar surface area (TPSA) is 9.86 Å². The molecule has 1 aromatic heterocycles. The van der Waals surface area contributed by atoms with Gasteiger partial charge in [-0.1, -0.05) is 41.5 Å². The summed E-state index contributed by atoms with van der Waals surface area (Å²) < 4.78 is 5.06. The predicted molar refractivity (Wildman–Crippen MR) is 79.6 cm³/mol. The Labute approximate surface area is 106 Å². The van der Waals surface area contributed by atoms with Crippen LogP contribution < -0.4 is 0 Å². The van der Waals surface area contributed by atoms with Gasteiger partial charge in [-0.2, -0.15) is 0 Å². The van der Waals surface area contributed by atoms with Crippen LogP contribution in [0.15, 0.2) is 0 Å². The third-order valence-electron chi connectivity index (χ3n) is 2.75. The van der Waals surface area contributed by atoms with Crippen molar-refractivity contribution in [3.8, 4) is 0 Å². The molecular weight excluding hydrogens is 231 g/mol. The van der Waals surface area contributed by atoms with Crippen molar-refractivity contribution in [2.75, 3.05) is 0 Å². The molecule has 1 rings (SSSR count). The Morgan fingerprint density at radius 1 is 0.875 bits per heavy atom. The first kappa shape index (κ1) is 14.2. The summed E-state index contributed by atoms with van der Waals surface area (Å²) in [6, 6.07) is 0. The molecule has 0 aliphatic rings. The van der Waals surface area contributed by atoms with Crippen molar-refractivity contribution in [1.82, 2.24) is 7.72 Å². The van der Waals surface area contributed by atoms with E-state index >= 15 is 0 Å². The van der Waals surface area contributed by atoms with Crippen LogP contribution in [0, 0.1) is 0 Å². The second kappa shape index (κ2) is 3.80. The minimum Gasteiger partial charge on any atom is -0.272 e. The van der Waals surface area contributed by atoms with Crippen LogP contribution in [-0.2, 0) is 0 Å². The Bertz CT molecular complexity index is 329. The van der Waals surface area contributed by atoms with Gasteiger partial charge in [-0.15, -0.1) is 0 Å². The van der Waals surface area contributed by atoms with Gasteiger partial charge < -0.3 is 0 Å². The molecule has 0 saturated heterocycles. The molecule has 0 radical (unpaired) electrons. The zero-order valence-electron chi connectivity index (χ0n) is 12.4. The molecule has 0 saturated carbocycles. The third-order valence-corrected chi connectivity index (χ3v) is 6.87. The largest absolute Gasteiger partial charge is 0.309 e. The molecule has 5 heteroatoms. The molecule has 0 atom stereocenters. The summed E-state index contributed by atoms with van der Waals surface area (Å²) in [5.41, 5.74) is 0. The van der Waals surface area contributed by atoms with Gasteiger partial charge in [0.15, 0.2) is 8.24 Å². The number of hydrogen-bond donors (Lipinski definition) is 0. The molecule has 0 unspecified atom stereocenters. The summed E-state index contributed by atoms with van der Waals surface area (Å²) in [6.07, 6.45) is 0. The van der Waals surface area contributed by atoms with Crippen molar-refractivity contribution < 1.29 is 0 Å². The first-order chi connectivity index (χ1) is 6.85. The highest BCUT2D eigenvalue weighted by atomic mass is 32.1. The minimum absolute atomic E-state index is 0.319. The molecule has 0 aromatic carbocycles. The molecule has 0 N–H and O–H groups in total. The molecule has 16 heavy (non-hydrogen) atoms. The highest BCUT2D eigenvalue weighted by Crippen LogP contribution is 2.45. The van der Waals surface area contributed by atoms with Gasteiger partial charge in [-0.05, 0) is 30.3 Å². The number of hydrogen-bond acceptors (Lipinski definition) is 1. The monoisotopic (exact) mass is 258 g/mol. The molecule has 0 fully saturated rings. The van der Waals surface area contributed by atoms with E-state index in [9.17, 15) is 0 Å². The lowest BCUT2D eigenvalue weighted by atomic mass is 9.32. The van der Waals surface area contributed by atoms with Gasteiger partial charge in [-0.3, -0.25) is 7.72 Å². The fourth-order valence-corrected chi connectivity index (χ4v) is 6.21. The lowest BCUT2D eigenvalue weighted by Gasteiger charge is -2.35. The lowest BCUT2D eigenvalue weighted by molar-refractivity contribution is 0.623. The summed E-state index contributed by atoms with van der Waals surface area (Å²) in [7, 11) is -1.18. The van der Waals surface area contributed by atoms with E-state index in [-0.39, 0.29) is 0 Å². The fraction of sp³-hybridized carbons (Fsp3) is 1.00. The van der Waals surface area contributed by atoms with E-state index in [0.29, 0.717) is 17.5 Å². The van der Waals surface area contributed by atoms with E-state index < -0.39 is 8.24 Å². The summed E-state index contributed by atoms with van der Waals surface area (Å²) in [5, 5.41) is 0.638. The first-order valence-electron chi connectivity index (χ1n) is 6.12. The molecule has 0 bridgehead atoms. The van der Waals surface area contributed by atoms with Gasteiger partial charge in [0, 0.05) is 11.7 Å². The van der Waals surface area contributed by atoms with Crippen LogP contribution in [0.4, 0.5) is 0 Å². The van der Waals surface area contributed by atoms with E-state index in [4.69, 9.17) is 0 Å². The molecule has 0 spiro atoms. The minimum atomic E-state index is -1.18. The van der Waals surface area contributed by atoms with E-state index in [1.165, 1.54) is 0 Å². The molecular formula is C11H27BN2SSi. The zero-order valence-corrected chi connectivity index (χ0v) is 14.2. The van der Waals surface area contributed by atoms with Gasteiger partial charge >= 0.3 is 6.85 Å². The second-order valence-corrected chi connectivity index (χ2v) is 13.9. The molecule has 94 valence electrons. The van der Waals surface area contributed by atoms with E-state index in [1.807, 2.05) is 11.7 Å². The Morgan fingerprint density at radius 3 is 1.44 bits per heavy atom. The van der Waals surface area contributed by atoms with Gasteiger partial charge in [0.25, 0.3) is 0 Å². The average Bonchev–Trinajstić information content (AvgIpc) is 2.57. The Hall–Kier alpha value is 0.102. The van der Waals surface area contributed by atoms with Crippen LogP contribution in [0.1, 0.15) is 41.5 Å². The van der Waals surface area contributed by atoms with Crippen molar-refractivity contribution in [3.05, 3.63) is 0 Å². The number of rotatable bonds is 2. The molecule has 2 nitrogen and oxygen atoms in total. The lowest BCUT2D eigenvalue weighted by Crippen LogP contribution is -2.43. The quantitative estimate of drug-likeness (QED) is 0.692. The first-order valence-corrected chi connectivity index (χ1v) is 10.3. The van der Waals surface area contributed by atoms with E-state index in [2.05, 4.69) is 68.9 Å². The number of nitrogens with zero attached hydrogens (tertiary/aromatic N) is 2. The maximum Gasteiger partial charge on any atom is 0.309 e. The molecule has 1 aromatic rings. The Kier molecular flexibility index (Phi) is 3.37.